The van der Waals surface area contributed by atoms with Gasteiger partial charge in [-0.3, -0.25) is 5.01 Å². The molecule has 1 aromatic heterocycles. The number of thiocarbonyl (C=S) groups is 1. The molecule has 0 spiro atoms. The molecule has 186 valence electrons. The van der Waals surface area contributed by atoms with Gasteiger partial charge in [0.2, 0.25) is 0 Å². The summed E-state index contributed by atoms with van der Waals surface area (Å²) in [5, 5.41) is 19.7. The van der Waals surface area contributed by atoms with Crippen molar-refractivity contribution in [1.82, 2.24) is 25.2 Å². The van der Waals surface area contributed by atoms with E-state index in [9.17, 15) is 18.7 Å². The van der Waals surface area contributed by atoms with E-state index in [1.165, 1.54) is 17.3 Å². The zero-order valence-corrected chi connectivity index (χ0v) is 20.2. The number of benzene rings is 2. The molecule has 0 saturated carbocycles. The predicted octanol–water partition coefficient (Wildman–Crippen LogP) is 3.58. The quantitative estimate of drug-likeness (QED) is 0.346. The summed E-state index contributed by atoms with van der Waals surface area (Å²) in [6.45, 7) is 4.33. The third-order valence-electron chi connectivity index (χ3n) is 4.64. The van der Waals surface area contributed by atoms with E-state index in [1.54, 1.807) is 45.0 Å². The minimum absolute atomic E-state index is 0.0124. The number of anilines is 1. The van der Waals surface area contributed by atoms with E-state index in [4.69, 9.17) is 17.0 Å². The molecule has 35 heavy (non-hydrogen) atoms. The molecule has 9 nitrogen and oxygen atoms in total. The van der Waals surface area contributed by atoms with Crippen LogP contribution in [0.3, 0.4) is 0 Å². The van der Waals surface area contributed by atoms with Gasteiger partial charge in [0, 0.05) is 17.3 Å². The molecule has 0 radical (unpaired) electrons. The molecular formula is C23H26F2N6O3S. The second kappa shape index (κ2) is 10.7. The molecule has 1 heterocycles. The van der Waals surface area contributed by atoms with E-state index in [2.05, 4.69) is 20.8 Å². The van der Waals surface area contributed by atoms with E-state index < -0.39 is 35.5 Å². The number of hydrazine groups is 1. The Morgan fingerprint density at radius 2 is 1.91 bits per heavy atom. The fraction of sp³-hybridized carbons (Fsp3) is 0.304. The molecule has 0 fully saturated rings. The topological polar surface area (TPSA) is 105 Å². The number of para-hydroxylation sites is 1. The number of carbonyl (C=O) groups is 1. The molecule has 3 aromatic rings. The first-order valence-corrected chi connectivity index (χ1v) is 11.0. The lowest BCUT2D eigenvalue weighted by Gasteiger charge is -2.36. The maximum atomic E-state index is 14.8. The Hall–Kier alpha value is -3.64. The van der Waals surface area contributed by atoms with Crippen molar-refractivity contribution >= 4 is 29.1 Å². The fourth-order valence-electron chi connectivity index (χ4n) is 3.22. The van der Waals surface area contributed by atoms with Gasteiger partial charge in [-0.1, -0.05) is 24.3 Å². The number of aliphatic hydroxyl groups is 1. The SMILES string of the molecule is CC(C)(C)OC(=O)NN(C[C@](O)(Cn1cncn1)c1ccc(F)cc1F)C(=S)Nc1ccccc1. The minimum Gasteiger partial charge on any atom is -0.443 e. The van der Waals surface area contributed by atoms with Gasteiger partial charge in [-0.2, -0.15) is 5.10 Å². The molecular weight excluding hydrogens is 478 g/mol. The van der Waals surface area contributed by atoms with Crippen molar-refractivity contribution < 1.29 is 23.4 Å². The molecule has 0 aliphatic heterocycles. The lowest BCUT2D eigenvalue weighted by Crippen LogP contribution is -2.56. The van der Waals surface area contributed by atoms with E-state index >= 15 is 0 Å². The number of rotatable bonds is 6. The Kier molecular flexibility index (Phi) is 7.97. The van der Waals surface area contributed by atoms with Crippen LogP contribution in [0.4, 0.5) is 19.3 Å². The summed E-state index contributed by atoms with van der Waals surface area (Å²) in [6, 6.07) is 11.7. The molecule has 1 atom stereocenters. The molecule has 2 aromatic carbocycles. The number of nitrogens with zero attached hydrogens (tertiary/aromatic N) is 4. The van der Waals surface area contributed by atoms with Crippen molar-refractivity contribution in [3.63, 3.8) is 0 Å². The van der Waals surface area contributed by atoms with Crippen LogP contribution in [-0.4, -0.2) is 48.2 Å². The molecule has 0 saturated heterocycles. The zero-order valence-electron chi connectivity index (χ0n) is 19.4. The smallest absolute Gasteiger partial charge is 0.426 e. The largest absolute Gasteiger partial charge is 0.443 e. The summed E-state index contributed by atoms with van der Waals surface area (Å²) in [4.78, 5) is 16.4. The predicted molar refractivity (Wildman–Crippen MR) is 129 cm³/mol. The van der Waals surface area contributed by atoms with Crippen LogP contribution in [0, 0.1) is 11.6 Å². The minimum atomic E-state index is -2.04. The molecule has 0 bridgehead atoms. The number of aromatic nitrogens is 3. The lowest BCUT2D eigenvalue weighted by atomic mass is 9.92. The van der Waals surface area contributed by atoms with Crippen molar-refractivity contribution in [1.29, 1.82) is 0 Å². The lowest BCUT2D eigenvalue weighted by molar-refractivity contribution is -0.0192. The molecule has 3 N–H and O–H groups in total. The van der Waals surface area contributed by atoms with Gasteiger partial charge in [0.25, 0.3) is 0 Å². The summed E-state index contributed by atoms with van der Waals surface area (Å²) < 4.78 is 35.0. The first-order chi connectivity index (χ1) is 16.4. The van der Waals surface area contributed by atoms with Gasteiger partial charge in [-0.15, -0.1) is 0 Å². The average Bonchev–Trinajstić information content (AvgIpc) is 3.25. The Labute approximate surface area is 206 Å². The summed E-state index contributed by atoms with van der Waals surface area (Å²) in [5.74, 6) is -1.79. The highest BCUT2D eigenvalue weighted by atomic mass is 32.1. The highest BCUT2D eigenvalue weighted by Gasteiger charge is 2.37. The van der Waals surface area contributed by atoms with Crippen molar-refractivity contribution in [2.24, 2.45) is 0 Å². The highest BCUT2D eigenvalue weighted by Crippen LogP contribution is 2.28. The van der Waals surface area contributed by atoms with E-state index in [1.807, 2.05) is 6.07 Å². The Morgan fingerprint density at radius 3 is 2.51 bits per heavy atom. The molecule has 3 rings (SSSR count). The Balaban J connectivity index is 1.97. The third kappa shape index (κ3) is 7.42. The van der Waals surface area contributed by atoms with Crippen molar-refractivity contribution in [3.8, 4) is 0 Å². The van der Waals surface area contributed by atoms with Crippen LogP contribution in [-0.2, 0) is 16.9 Å². The van der Waals surface area contributed by atoms with Crippen LogP contribution < -0.4 is 10.7 Å². The summed E-state index contributed by atoms with van der Waals surface area (Å²) in [7, 11) is 0. The molecule has 0 unspecified atom stereocenters. The van der Waals surface area contributed by atoms with Gasteiger partial charge in [-0.05, 0) is 51.2 Å². The number of halogens is 2. The number of amides is 1. The molecule has 0 aliphatic rings. The van der Waals surface area contributed by atoms with Gasteiger partial charge in [0.05, 0.1) is 13.1 Å². The second-order valence-corrected chi connectivity index (χ2v) is 9.13. The van der Waals surface area contributed by atoms with E-state index in [0.29, 0.717) is 11.8 Å². The van der Waals surface area contributed by atoms with Gasteiger partial charge < -0.3 is 15.2 Å². The first kappa shape index (κ1) is 26.0. The first-order valence-electron chi connectivity index (χ1n) is 10.6. The monoisotopic (exact) mass is 504 g/mol. The number of hydrogen-bond donors (Lipinski definition) is 3. The van der Waals surface area contributed by atoms with Crippen LogP contribution in [0.5, 0.6) is 0 Å². The summed E-state index contributed by atoms with van der Waals surface area (Å²) in [6.07, 6.45) is 1.73. The van der Waals surface area contributed by atoms with Crippen LogP contribution in [0.2, 0.25) is 0 Å². The number of carbonyl (C=O) groups excluding carboxylic acids is 1. The normalized spacial score (nSPS) is 13.0. The molecule has 0 aliphatic carbocycles. The van der Waals surface area contributed by atoms with Crippen molar-refractivity contribution in [2.45, 2.75) is 38.5 Å². The van der Waals surface area contributed by atoms with E-state index in [0.717, 1.165) is 17.1 Å². The fourth-order valence-corrected chi connectivity index (χ4v) is 3.44. The van der Waals surface area contributed by atoms with Crippen molar-refractivity contribution in [2.75, 3.05) is 11.9 Å². The number of hydrogen-bond acceptors (Lipinski definition) is 6. The second-order valence-electron chi connectivity index (χ2n) is 8.74. The number of nitrogens with one attached hydrogen (secondary N) is 2. The zero-order chi connectivity index (χ0) is 25.6. The highest BCUT2D eigenvalue weighted by molar-refractivity contribution is 7.80. The standard InChI is InChI=1S/C23H26F2N6O3S/c1-22(2,3)34-21(32)29-31(20(35)28-17-7-5-4-6-8-17)13-23(33,12-30-15-26-14-27-30)18-10-9-16(24)11-19(18)25/h4-11,14-15,33H,12-13H2,1-3H3,(H,28,35)(H,29,32)/t23-/m1/s1. The van der Waals surface area contributed by atoms with Gasteiger partial charge in [-0.25, -0.2) is 28.7 Å². The van der Waals surface area contributed by atoms with Gasteiger partial charge in [0.1, 0.15) is 35.5 Å². The van der Waals surface area contributed by atoms with E-state index in [-0.39, 0.29) is 17.2 Å². The van der Waals surface area contributed by atoms with Crippen LogP contribution in [0.15, 0.2) is 61.2 Å². The third-order valence-corrected chi connectivity index (χ3v) is 4.96. The molecule has 1 amide bonds. The maximum Gasteiger partial charge on any atom is 0.426 e. The van der Waals surface area contributed by atoms with Crippen molar-refractivity contribution in [3.05, 3.63) is 78.4 Å². The summed E-state index contributed by atoms with van der Waals surface area (Å²) >= 11 is 5.48. The summed E-state index contributed by atoms with van der Waals surface area (Å²) in [5.41, 5.74) is 0.0257. The molecule has 12 heteroatoms. The maximum absolute atomic E-state index is 14.8. The average molecular weight is 505 g/mol. The Morgan fingerprint density at radius 1 is 1.20 bits per heavy atom. The van der Waals surface area contributed by atoms with Crippen LogP contribution in [0.25, 0.3) is 0 Å². The van der Waals surface area contributed by atoms with Crippen LogP contribution >= 0.6 is 12.2 Å². The van der Waals surface area contributed by atoms with Gasteiger partial charge >= 0.3 is 6.09 Å². The van der Waals surface area contributed by atoms with Crippen LogP contribution in [0.1, 0.15) is 26.3 Å². The Bertz CT molecular complexity index is 1160. The number of ether oxygens (including phenoxy) is 1. The van der Waals surface area contributed by atoms with Gasteiger partial charge in [0.15, 0.2) is 5.11 Å².